The number of nitrogens with zero attached hydrogens (tertiary/aromatic N) is 1. The normalized spacial score (nSPS) is 19.5. The molecule has 1 aromatic rings. The van der Waals surface area contributed by atoms with Crippen molar-refractivity contribution >= 4 is 39.1 Å². The molecule has 0 radical (unpaired) electrons. The molecular formula is C19H24BrNO3. The van der Waals surface area contributed by atoms with Gasteiger partial charge in [-0.25, -0.2) is 4.79 Å². The van der Waals surface area contributed by atoms with Crippen LogP contribution in [0.15, 0.2) is 27.7 Å². The zero-order valence-corrected chi connectivity index (χ0v) is 15.9. The quantitative estimate of drug-likeness (QED) is 0.489. The van der Waals surface area contributed by atoms with E-state index in [1.165, 1.54) is 26.4 Å². The first kappa shape index (κ1) is 18.8. The zero-order valence-electron chi connectivity index (χ0n) is 14.3. The predicted molar refractivity (Wildman–Crippen MR) is 99.1 cm³/mol. The van der Waals surface area contributed by atoms with E-state index in [9.17, 15) is 9.59 Å². The highest BCUT2D eigenvalue weighted by atomic mass is 79.9. The molecule has 0 spiro atoms. The fourth-order valence-corrected chi connectivity index (χ4v) is 3.63. The highest BCUT2D eigenvalue weighted by Crippen LogP contribution is 2.32. The van der Waals surface area contributed by atoms with Crippen LogP contribution >= 0.6 is 15.9 Å². The third kappa shape index (κ3) is 5.00. The number of esters is 1. The SMILES string of the molecule is CCCCCC1CC(=O)CC(=Nc2cccc(C(=O)OC)c2Br)C1. The highest BCUT2D eigenvalue weighted by molar-refractivity contribution is 9.10. The van der Waals surface area contributed by atoms with Gasteiger partial charge in [0.05, 0.1) is 22.8 Å². The van der Waals surface area contributed by atoms with Gasteiger partial charge in [0.25, 0.3) is 0 Å². The summed E-state index contributed by atoms with van der Waals surface area (Å²) < 4.78 is 5.40. The van der Waals surface area contributed by atoms with E-state index in [2.05, 4.69) is 27.8 Å². The molecule has 0 saturated heterocycles. The average Bonchev–Trinajstić information content (AvgIpc) is 2.56. The second-order valence-electron chi connectivity index (χ2n) is 6.29. The van der Waals surface area contributed by atoms with E-state index in [4.69, 9.17) is 4.74 Å². The van der Waals surface area contributed by atoms with E-state index in [1.54, 1.807) is 12.1 Å². The van der Waals surface area contributed by atoms with Gasteiger partial charge in [-0.1, -0.05) is 32.3 Å². The fraction of sp³-hybridized carbons (Fsp3) is 0.526. The minimum atomic E-state index is -0.402. The van der Waals surface area contributed by atoms with Crippen LogP contribution in [0.4, 0.5) is 5.69 Å². The smallest absolute Gasteiger partial charge is 0.339 e. The van der Waals surface area contributed by atoms with Gasteiger partial charge in [0.15, 0.2) is 0 Å². The van der Waals surface area contributed by atoms with Crippen molar-refractivity contribution in [2.75, 3.05) is 7.11 Å². The number of unbranched alkanes of at least 4 members (excludes halogenated alkanes) is 2. The number of methoxy groups -OCH3 is 1. The number of carbonyl (C=O) groups is 2. The minimum absolute atomic E-state index is 0.266. The number of carbonyl (C=O) groups excluding carboxylic acids is 2. The van der Waals surface area contributed by atoms with Gasteiger partial charge in [-0.2, -0.15) is 0 Å². The Balaban J connectivity index is 2.17. The van der Waals surface area contributed by atoms with E-state index in [-0.39, 0.29) is 5.78 Å². The number of hydrogen-bond donors (Lipinski definition) is 0. The summed E-state index contributed by atoms with van der Waals surface area (Å²) in [4.78, 5) is 28.5. The molecule has 1 aliphatic carbocycles. The van der Waals surface area contributed by atoms with Gasteiger partial charge in [0.1, 0.15) is 5.78 Å². The second-order valence-corrected chi connectivity index (χ2v) is 7.09. The van der Waals surface area contributed by atoms with Crippen LogP contribution < -0.4 is 0 Å². The van der Waals surface area contributed by atoms with Crippen LogP contribution in [0, 0.1) is 5.92 Å². The summed E-state index contributed by atoms with van der Waals surface area (Å²) in [5.41, 5.74) is 2.03. The first-order valence-corrected chi connectivity index (χ1v) is 9.29. The third-order valence-electron chi connectivity index (χ3n) is 4.32. The van der Waals surface area contributed by atoms with E-state index in [0.29, 0.717) is 34.5 Å². The van der Waals surface area contributed by atoms with Crippen molar-refractivity contribution in [3.8, 4) is 0 Å². The summed E-state index contributed by atoms with van der Waals surface area (Å²) >= 11 is 3.44. The lowest BCUT2D eigenvalue weighted by atomic mass is 9.83. The van der Waals surface area contributed by atoms with Crippen LogP contribution in [0.1, 0.15) is 62.2 Å². The van der Waals surface area contributed by atoms with Gasteiger partial charge in [-0.05, 0) is 46.8 Å². The molecule has 0 bridgehead atoms. The monoisotopic (exact) mass is 393 g/mol. The van der Waals surface area contributed by atoms with Crippen molar-refractivity contribution in [3.05, 3.63) is 28.2 Å². The Labute approximate surface area is 151 Å². The Hall–Kier alpha value is -1.49. The maximum absolute atomic E-state index is 12.0. The summed E-state index contributed by atoms with van der Waals surface area (Å²) in [7, 11) is 1.36. The van der Waals surface area contributed by atoms with Crippen LogP contribution in [-0.4, -0.2) is 24.6 Å². The molecule has 1 aromatic carbocycles. The van der Waals surface area contributed by atoms with Crippen LogP contribution in [0.3, 0.4) is 0 Å². The lowest BCUT2D eigenvalue weighted by molar-refractivity contribution is -0.119. The molecule has 130 valence electrons. The number of ketones is 1. The van der Waals surface area contributed by atoms with E-state index in [1.807, 2.05) is 6.07 Å². The number of halogens is 1. The Morgan fingerprint density at radius 1 is 1.33 bits per heavy atom. The highest BCUT2D eigenvalue weighted by Gasteiger charge is 2.24. The molecule has 1 aliphatic rings. The van der Waals surface area contributed by atoms with Gasteiger partial charge >= 0.3 is 5.97 Å². The maximum atomic E-state index is 12.0. The molecule has 4 nitrogen and oxygen atoms in total. The van der Waals surface area contributed by atoms with Crippen LogP contribution in [-0.2, 0) is 9.53 Å². The van der Waals surface area contributed by atoms with Crippen molar-refractivity contribution < 1.29 is 14.3 Å². The number of hydrogen-bond acceptors (Lipinski definition) is 4. The van der Waals surface area contributed by atoms with Crippen LogP contribution in [0.5, 0.6) is 0 Å². The van der Waals surface area contributed by atoms with Crippen molar-refractivity contribution in [3.63, 3.8) is 0 Å². The number of Topliss-reactive ketones (excluding diaryl/α,β-unsaturated/α-hetero) is 1. The molecule has 0 N–H and O–H groups in total. The van der Waals surface area contributed by atoms with Crippen molar-refractivity contribution in [2.24, 2.45) is 10.9 Å². The fourth-order valence-electron chi connectivity index (χ4n) is 3.12. The second kappa shape index (κ2) is 9.11. The first-order chi connectivity index (χ1) is 11.5. The number of ether oxygens (including phenoxy) is 1. The molecule has 24 heavy (non-hydrogen) atoms. The van der Waals surface area contributed by atoms with E-state index in [0.717, 1.165) is 18.6 Å². The molecule has 5 heteroatoms. The largest absolute Gasteiger partial charge is 0.465 e. The zero-order chi connectivity index (χ0) is 17.5. The van der Waals surface area contributed by atoms with Crippen LogP contribution in [0.25, 0.3) is 0 Å². The molecule has 0 aromatic heterocycles. The lowest BCUT2D eigenvalue weighted by Gasteiger charge is -2.22. The summed E-state index contributed by atoms with van der Waals surface area (Å²) in [6.45, 7) is 2.19. The molecule has 0 heterocycles. The Kier molecular flexibility index (Phi) is 7.16. The average molecular weight is 394 g/mol. The van der Waals surface area contributed by atoms with Gasteiger partial charge in [-0.3, -0.25) is 9.79 Å². The van der Waals surface area contributed by atoms with Gasteiger partial charge in [-0.15, -0.1) is 0 Å². The van der Waals surface area contributed by atoms with E-state index >= 15 is 0 Å². The van der Waals surface area contributed by atoms with E-state index < -0.39 is 5.97 Å². The molecule has 1 atom stereocenters. The maximum Gasteiger partial charge on any atom is 0.339 e. The third-order valence-corrected chi connectivity index (χ3v) is 5.15. The summed E-state index contributed by atoms with van der Waals surface area (Å²) in [5.74, 6) is 0.266. The van der Waals surface area contributed by atoms with Crippen molar-refractivity contribution in [1.82, 2.24) is 0 Å². The number of aliphatic imine (C=N–C) groups is 1. The minimum Gasteiger partial charge on any atom is -0.465 e. The Bertz CT molecular complexity index is 639. The summed E-state index contributed by atoms with van der Waals surface area (Å²) in [5, 5.41) is 0. The summed E-state index contributed by atoms with van der Waals surface area (Å²) in [6.07, 6.45) is 6.61. The Morgan fingerprint density at radius 2 is 2.12 bits per heavy atom. The number of rotatable bonds is 6. The van der Waals surface area contributed by atoms with Crippen molar-refractivity contribution in [1.29, 1.82) is 0 Å². The van der Waals surface area contributed by atoms with Gasteiger partial charge in [0, 0.05) is 18.6 Å². The molecule has 0 amide bonds. The standard InChI is InChI=1S/C19H24BrNO3/c1-3-4-5-7-13-10-14(12-15(22)11-13)21-17-9-6-8-16(18(17)20)19(23)24-2/h6,8-9,13H,3-5,7,10-12H2,1-2H3. The molecule has 0 aliphatic heterocycles. The van der Waals surface area contributed by atoms with Crippen LogP contribution in [0.2, 0.25) is 0 Å². The van der Waals surface area contributed by atoms with Gasteiger partial charge < -0.3 is 4.74 Å². The first-order valence-electron chi connectivity index (χ1n) is 8.50. The molecule has 1 saturated carbocycles. The molecule has 1 unspecified atom stereocenters. The molecule has 2 rings (SSSR count). The predicted octanol–water partition coefficient (Wildman–Crippen LogP) is 5.26. The topological polar surface area (TPSA) is 55.7 Å². The lowest BCUT2D eigenvalue weighted by Crippen LogP contribution is -2.22. The van der Waals surface area contributed by atoms with Gasteiger partial charge in [0.2, 0.25) is 0 Å². The Morgan fingerprint density at radius 3 is 2.83 bits per heavy atom. The van der Waals surface area contributed by atoms with Crippen molar-refractivity contribution in [2.45, 2.75) is 51.9 Å². The summed E-state index contributed by atoms with van der Waals surface area (Å²) in [6, 6.07) is 5.31. The molecular weight excluding hydrogens is 370 g/mol. The molecule has 1 fully saturated rings. The number of benzene rings is 1.